The van der Waals surface area contributed by atoms with E-state index >= 15 is 0 Å². The van der Waals surface area contributed by atoms with E-state index in [1.165, 1.54) is 0 Å². The van der Waals surface area contributed by atoms with Crippen molar-refractivity contribution in [2.75, 3.05) is 0 Å². The van der Waals surface area contributed by atoms with Crippen LogP contribution in [0.5, 0.6) is 0 Å². The zero-order valence-corrected chi connectivity index (χ0v) is 21.4. The zero-order valence-electron chi connectivity index (χ0n) is 19.9. The van der Waals surface area contributed by atoms with E-state index in [4.69, 9.17) is 32.7 Å². The van der Waals surface area contributed by atoms with Crippen LogP contribution in [-0.2, 0) is 28.2 Å². The number of oxime groups is 1. The minimum atomic E-state index is -0.918. The van der Waals surface area contributed by atoms with Crippen LogP contribution in [0.4, 0.5) is 0 Å². The number of nitrogens with zero attached hydrogens (tertiary/aromatic N) is 2. The molecule has 2 aromatic heterocycles. The lowest BCUT2D eigenvalue weighted by molar-refractivity contribution is -0.00737. The van der Waals surface area contributed by atoms with Crippen molar-refractivity contribution >= 4 is 52.9 Å². The summed E-state index contributed by atoms with van der Waals surface area (Å²) in [5, 5.41) is 18.4. The van der Waals surface area contributed by atoms with Gasteiger partial charge in [-0.1, -0.05) is 46.6 Å². The van der Waals surface area contributed by atoms with Crippen molar-refractivity contribution in [1.82, 2.24) is 9.72 Å². The standard InChI is InChI=1S/C27H22BCl2N3O4/c1-27(18-10-19(29)12-20(30)11-18)13-23(32-37-27)25-7-6-21(24-3-2-8-33(24)25)26(34)31-14-16-4-5-17-15-36-28(35)22(17)9-16/h2-12,35H,13-15H2,1H3,(H,31,34). The molecule has 7 nitrogen and oxygen atoms in total. The summed E-state index contributed by atoms with van der Waals surface area (Å²) in [7, 11) is -0.918. The van der Waals surface area contributed by atoms with Crippen molar-refractivity contribution in [2.45, 2.75) is 32.1 Å². The molecule has 6 rings (SSSR count). The fourth-order valence-corrected chi connectivity index (χ4v) is 5.43. The molecule has 37 heavy (non-hydrogen) atoms. The Balaban J connectivity index is 1.22. The van der Waals surface area contributed by atoms with Gasteiger partial charge in [0.15, 0.2) is 5.60 Å². The molecular weight excluding hydrogens is 512 g/mol. The minimum absolute atomic E-state index is 0.199. The van der Waals surface area contributed by atoms with Gasteiger partial charge in [-0.25, -0.2) is 0 Å². The Hall–Kier alpha value is -3.30. The molecule has 1 amide bonds. The van der Waals surface area contributed by atoms with Crippen molar-refractivity contribution in [3.05, 3.63) is 105 Å². The summed E-state index contributed by atoms with van der Waals surface area (Å²) in [4.78, 5) is 19.0. The number of halogens is 2. The summed E-state index contributed by atoms with van der Waals surface area (Å²) in [6.07, 6.45) is 2.41. The summed E-state index contributed by atoms with van der Waals surface area (Å²) in [6, 6.07) is 18.5. The smallest absolute Gasteiger partial charge is 0.423 e. The molecule has 2 aromatic carbocycles. The number of aromatic nitrogens is 1. The highest BCUT2D eigenvalue weighted by Gasteiger charge is 2.38. The van der Waals surface area contributed by atoms with Crippen LogP contribution in [0.1, 0.15) is 46.1 Å². The van der Waals surface area contributed by atoms with E-state index in [0.29, 0.717) is 35.2 Å². The van der Waals surface area contributed by atoms with E-state index in [1.807, 2.05) is 66.1 Å². The first-order valence-electron chi connectivity index (χ1n) is 11.8. The summed E-state index contributed by atoms with van der Waals surface area (Å²) in [5.74, 6) is -0.199. The molecule has 2 N–H and O–H groups in total. The van der Waals surface area contributed by atoms with Gasteiger partial charge in [0.2, 0.25) is 0 Å². The normalized spacial score (nSPS) is 18.6. The quantitative estimate of drug-likeness (QED) is 0.371. The number of carbonyl (C=O) groups is 1. The molecule has 0 saturated heterocycles. The van der Waals surface area contributed by atoms with Crippen LogP contribution in [0.25, 0.3) is 5.52 Å². The third-order valence-electron chi connectivity index (χ3n) is 6.89. The SMILES string of the molecule is CC1(c2cc(Cl)cc(Cl)c2)CC(c2ccc(C(=O)NCc3ccc4c(c3)B(O)OC4)c3cccn23)=NO1. The molecule has 186 valence electrons. The molecule has 0 spiro atoms. The first-order valence-corrected chi connectivity index (χ1v) is 12.6. The zero-order chi connectivity index (χ0) is 25.7. The Morgan fingerprint density at radius 2 is 1.97 bits per heavy atom. The molecule has 2 aliphatic heterocycles. The van der Waals surface area contributed by atoms with Crippen molar-refractivity contribution in [2.24, 2.45) is 5.16 Å². The predicted molar refractivity (Wildman–Crippen MR) is 143 cm³/mol. The molecule has 0 radical (unpaired) electrons. The highest BCUT2D eigenvalue weighted by atomic mass is 35.5. The maximum Gasteiger partial charge on any atom is 0.491 e. The van der Waals surface area contributed by atoms with Crippen LogP contribution >= 0.6 is 23.2 Å². The second-order valence-corrected chi connectivity index (χ2v) is 10.3. The van der Waals surface area contributed by atoms with E-state index in [0.717, 1.165) is 39.1 Å². The van der Waals surface area contributed by atoms with E-state index < -0.39 is 12.7 Å². The summed E-state index contributed by atoms with van der Waals surface area (Å²) >= 11 is 12.4. The monoisotopic (exact) mass is 533 g/mol. The summed E-state index contributed by atoms with van der Waals surface area (Å²) < 4.78 is 7.19. The second kappa shape index (κ2) is 9.22. The highest BCUT2D eigenvalue weighted by Crippen LogP contribution is 2.38. The van der Waals surface area contributed by atoms with Gasteiger partial charge in [0, 0.05) is 34.8 Å². The maximum absolute atomic E-state index is 13.1. The third-order valence-corrected chi connectivity index (χ3v) is 7.33. The molecule has 0 saturated carbocycles. The number of nitrogens with one attached hydrogen (secondary N) is 1. The Kier molecular flexibility index (Phi) is 6.00. The van der Waals surface area contributed by atoms with Crippen LogP contribution in [0.2, 0.25) is 10.0 Å². The van der Waals surface area contributed by atoms with Gasteiger partial charge in [-0.15, -0.1) is 0 Å². The average molecular weight is 534 g/mol. The Morgan fingerprint density at radius 3 is 2.78 bits per heavy atom. The van der Waals surface area contributed by atoms with E-state index in [-0.39, 0.29) is 5.91 Å². The number of pyridine rings is 1. The van der Waals surface area contributed by atoms with Crippen molar-refractivity contribution < 1.29 is 19.3 Å². The first-order chi connectivity index (χ1) is 17.8. The first kappa shape index (κ1) is 24.1. The van der Waals surface area contributed by atoms with Gasteiger partial charge in [0.1, 0.15) is 5.71 Å². The summed E-state index contributed by atoms with van der Waals surface area (Å²) in [6.45, 7) is 2.67. The Labute approximate surface area is 223 Å². The predicted octanol–water partition coefficient (Wildman–Crippen LogP) is 4.43. The number of carbonyl (C=O) groups excluding carboxylic acids is 1. The van der Waals surface area contributed by atoms with Gasteiger partial charge in [0.05, 0.1) is 23.4 Å². The number of rotatable bonds is 5. The molecule has 2 aliphatic rings. The van der Waals surface area contributed by atoms with Crippen LogP contribution in [0, 0.1) is 0 Å². The van der Waals surface area contributed by atoms with Crippen LogP contribution in [0.3, 0.4) is 0 Å². The van der Waals surface area contributed by atoms with Crippen molar-refractivity contribution in [3.63, 3.8) is 0 Å². The van der Waals surface area contributed by atoms with Crippen molar-refractivity contribution in [1.29, 1.82) is 0 Å². The van der Waals surface area contributed by atoms with Crippen molar-refractivity contribution in [3.8, 4) is 0 Å². The molecule has 10 heteroatoms. The van der Waals surface area contributed by atoms with E-state index in [1.54, 1.807) is 12.1 Å². The maximum atomic E-state index is 13.1. The third kappa shape index (κ3) is 4.40. The lowest BCUT2D eigenvalue weighted by Gasteiger charge is -2.22. The van der Waals surface area contributed by atoms with Gasteiger partial charge >= 0.3 is 7.12 Å². The molecular formula is C27H22BCl2N3O4. The lowest BCUT2D eigenvalue weighted by Crippen LogP contribution is -2.29. The lowest BCUT2D eigenvalue weighted by atomic mass is 9.79. The number of benzene rings is 2. The number of fused-ring (bicyclic) bond motifs is 2. The average Bonchev–Trinajstić information content (AvgIpc) is 3.61. The number of hydrogen-bond acceptors (Lipinski definition) is 5. The second-order valence-electron chi connectivity index (χ2n) is 9.47. The van der Waals surface area contributed by atoms with Gasteiger partial charge in [0.25, 0.3) is 5.91 Å². The molecule has 4 heterocycles. The molecule has 0 fully saturated rings. The molecule has 1 atom stereocenters. The van der Waals surface area contributed by atoms with Gasteiger partial charge < -0.3 is 24.2 Å². The molecule has 4 aromatic rings. The van der Waals surface area contributed by atoms with Gasteiger partial charge in [-0.3, -0.25) is 4.79 Å². The topological polar surface area (TPSA) is 84.6 Å². The Bertz CT molecular complexity index is 1570. The number of amides is 1. The van der Waals surface area contributed by atoms with E-state index in [2.05, 4.69) is 10.5 Å². The fraction of sp³-hybridized carbons (Fsp3) is 0.185. The van der Waals surface area contributed by atoms with Gasteiger partial charge in [-0.05, 0) is 66.0 Å². The molecule has 0 aliphatic carbocycles. The van der Waals surface area contributed by atoms with Crippen LogP contribution < -0.4 is 10.8 Å². The molecule has 0 bridgehead atoms. The molecule has 1 unspecified atom stereocenters. The van der Waals surface area contributed by atoms with E-state index in [9.17, 15) is 9.82 Å². The Morgan fingerprint density at radius 1 is 1.16 bits per heavy atom. The fourth-order valence-electron chi connectivity index (χ4n) is 4.91. The van der Waals surface area contributed by atoms with Gasteiger partial charge in [-0.2, -0.15) is 0 Å². The highest BCUT2D eigenvalue weighted by molar-refractivity contribution is 6.61. The largest absolute Gasteiger partial charge is 0.491 e. The summed E-state index contributed by atoms with van der Waals surface area (Å²) in [5.41, 5.74) is 5.61. The minimum Gasteiger partial charge on any atom is -0.423 e. The van der Waals surface area contributed by atoms with Crippen LogP contribution in [0.15, 0.2) is 72.0 Å². The van der Waals surface area contributed by atoms with Crippen LogP contribution in [-0.4, -0.2) is 28.2 Å². The number of hydrogen-bond donors (Lipinski definition) is 2.